The minimum atomic E-state index is -0.0331. The Hall–Kier alpha value is -0.570. The second-order valence-corrected chi connectivity index (χ2v) is 6.01. The molecule has 0 aromatic heterocycles. The van der Waals surface area contributed by atoms with Crippen molar-refractivity contribution in [1.29, 1.82) is 0 Å². The summed E-state index contributed by atoms with van der Waals surface area (Å²) in [6.07, 6.45) is 4.12. The maximum Gasteiger partial charge on any atom is 0.308 e. The summed E-state index contributed by atoms with van der Waals surface area (Å²) < 4.78 is 4.78. The number of hydrogen-bond donors (Lipinski definition) is 1. The first-order chi connectivity index (χ1) is 7.42. The molecule has 1 aliphatic rings. The van der Waals surface area contributed by atoms with Gasteiger partial charge in [0.15, 0.2) is 0 Å². The number of esters is 1. The fourth-order valence-electron chi connectivity index (χ4n) is 2.15. The smallest absolute Gasteiger partial charge is 0.308 e. The Morgan fingerprint density at radius 3 is 2.25 bits per heavy atom. The van der Waals surface area contributed by atoms with Crippen LogP contribution in [0.1, 0.15) is 46.5 Å². The molecule has 0 spiro atoms. The van der Waals surface area contributed by atoms with E-state index in [0.717, 1.165) is 32.2 Å². The van der Waals surface area contributed by atoms with Crippen LogP contribution in [-0.2, 0) is 9.53 Å². The van der Waals surface area contributed by atoms with Gasteiger partial charge in [0.05, 0.1) is 13.0 Å². The van der Waals surface area contributed by atoms with E-state index in [0.29, 0.717) is 11.5 Å². The fourth-order valence-corrected chi connectivity index (χ4v) is 2.15. The summed E-state index contributed by atoms with van der Waals surface area (Å²) in [5.74, 6) is 0.104. The van der Waals surface area contributed by atoms with Crippen LogP contribution in [0.15, 0.2) is 0 Å². The number of rotatable bonds is 3. The lowest BCUT2D eigenvalue weighted by molar-refractivity contribution is -0.146. The third-order valence-electron chi connectivity index (χ3n) is 3.18. The van der Waals surface area contributed by atoms with Crippen molar-refractivity contribution in [3.8, 4) is 0 Å². The average molecular weight is 227 g/mol. The van der Waals surface area contributed by atoms with Gasteiger partial charge in [-0.1, -0.05) is 20.8 Å². The number of hydrogen-bond acceptors (Lipinski definition) is 3. The average Bonchev–Trinajstić information content (AvgIpc) is 2.25. The maximum absolute atomic E-state index is 11.3. The summed E-state index contributed by atoms with van der Waals surface area (Å²) in [6.45, 7) is 7.75. The largest absolute Gasteiger partial charge is 0.469 e. The van der Waals surface area contributed by atoms with E-state index in [1.54, 1.807) is 0 Å². The number of carbonyl (C=O) groups excluding carboxylic acids is 1. The molecule has 0 saturated heterocycles. The molecule has 3 heteroatoms. The Balaban J connectivity index is 2.24. The highest BCUT2D eigenvalue weighted by molar-refractivity contribution is 5.72. The summed E-state index contributed by atoms with van der Waals surface area (Å²) in [6, 6.07) is 0.583. The first kappa shape index (κ1) is 13.5. The van der Waals surface area contributed by atoms with Crippen molar-refractivity contribution < 1.29 is 9.53 Å². The van der Waals surface area contributed by atoms with Gasteiger partial charge in [0.2, 0.25) is 0 Å². The van der Waals surface area contributed by atoms with Gasteiger partial charge in [-0.25, -0.2) is 0 Å². The summed E-state index contributed by atoms with van der Waals surface area (Å²) in [5.41, 5.74) is 0.333. The van der Waals surface area contributed by atoms with Gasteiger partial charge in [0.25, 0.3) is 0 Å². The van der Waals surface area contributed by atoms with Crippen LogP contribution in [0.2, 0.25) is 0 Å². The van der Waals surface area contributed by atoms with Crippen molar-refractivity contribution in [3.05, 3.63) is 0 Å². The first-order valence-electron chi connectivity index (χ1n) is 6.23. The molecule has 1 rings (SSSR count). The lowest BCUT2D eigenvalue weighted by atomic mass is 9.85. The molecule has 1 fully saturated rings. The van der Waals surface area contributed by atoms with E-state index < -0.39 is 0 Å². The highest BCUT2D eigenvalue weighted by Crippen LogP contribution is 2.25. The fraction of sp³-hybridized carbons (Fsp3) is 0.923. The van der Waals surface area contributed by atoms with E-state index in [4.69, 9.17) is 4.74 Å². The van der Waals surface area contributed by atoms with Crippen LogP contribution in [0.3, 0.4) is 0 Å². The van der Waals surface area contributed by atoms with Crippen LogP contribution in [0.4, 0.5) is 0 Å². The third kappa shape index (κ3) is 4.52. The van der Waals surface area contributed by atoms with Crippen molar-refractivity contribution in [2.24, 2.45) is 11.3 Å². The first-order valence-corrected chi connectivity index (χ1v) is 6.23. The molecule has 0 aromatic carbocycles. The molecule has 94 valence electrons. The lowest BCUT2D eigenvalue weighted by Crippen LogP contribution is -2.39. The van der Waals surface area contributed by atoms with E-state index in [2.05, 4.69) is 26.1 Å². The van der Waals surface area contributed by atoms with Gasteiger partial charge >= 0.3 is 5.97 Å². The summed E-state index contributed by atoms with van der Waals surface area (Å²) in [7, 11) is 1.48. The van der Waals surface area contributed by atoms with E-state index in [1.165, 1.54) is 7.11 Å². The van der Waals surface area contributed by atoms with Crippen molar-refractivity contribution in [1.82, 2.24) is 5.32 Å². The molecule has 0 aliphatic heterocycles. The molecule has 0 radical (unpaired) electrons. The topological polar surface area (TPSA) is 38.3 Å². The molecule has 0 atom stereocenters. The summed E-state index contributed by atoms with van der Waals surface area (Å²) in [5, 5.41) is 3.59. The van der Waals surface area contributed by atoms with Gasteiger partial charge in [0.1, 0.15) is 0 Å². The molecule has 1 N–H and O–H groups in total. The molecular formula is C13H25NO2. The van der Waals surface area contributed by atoms with Crippen molar-refractivity contribution in [2.45, 2.75) is 52.5 Å². The SMILES string of the molecule is COC(=O)C1CCC(NCC(C)(C)C)CC1. The van der Waals surface area contributed by atoms with E-state index in [1.807, 2.05) is 0 Å². The highest BCUT2D eigenvalue weighted by Gasteiger charge is 2.27. The van der Waals surface area contributed by atoms with Crippen LogP contribution < -0.4 is 5.32 Å². The Kier molecular flexibility index (Phi) is 4.78. The molecule has 0 amide bonds. The van der Waals surface area contributed by atoms with Crippen LogP contribution in [0, 0.1) is 11.3 Å². The number of nitrogens with one attached hydrogen (secondary N) is 1. The van der Waals surface area contributed by atoms with Crippen molar-refractivity contribution in [2.75, 3.05) is 13.7 Å². The molecule has 0 unspecified atom stereocenters. The lowest BCUT2D eigenvalue weighted by Gasteiger charge is -2.30. The van der Waals surface area contributed by atoms with E-state index in [-0.39, 0.29) is 11.9 Å². The van der Waals surface area contributed by atoms with Gasteiger partial charge in [-0.3, -0.25) is 4.79 Å². The zero-order valence-electron chi connectivity index (χ0n) is 11.0. The van der Waals surface area contributed by atoms with Crippen molar-refractivity contribution in [3.63, 3.8) is 0 Å². The monoisotopic (exact) mass is 227 g/mol. The zero-order valence-corrected chi connectivity index (χ0v) is 11.0. The standard InChI is InChI=1S/C13H25NO2/c1-13(2,3)9-14-11-7-5-10(6-8-11)12(15)16-4/h10-11,14H,5-9H2,1-4H3. The molecule has 1 saturated carbocycles. The number of carbonyl (C=O) groups is 1. The van der Waals surface area contributed by atoms with Gasteiger partial charge in [-0.05, 0) is 31.1 Å². The van der Waals surface area contributed by atoms with E-state index >= 15 is 0 Å². The maximum atomic E-state index is 11.3. The van der Waals surface area contributed by atoms with Crippen LogP contribution in [-0.4, -0.2) is 25.7 Å². The Labute approximate surface area is 98.9 Å². The quantitative estimate of drug-likeness (QED) is 0.752. The van der Waals surface area contributed by atoms with Crippen LogP contribution in [0.5, 0.6) is 0 Å². The predicted octanol–water partition coefficient (Wildman–Crippen LogP) is 2.35. The molecule has 0 bridgehead atoms. The number of methoxy groups -OCH3 is 1. The summed E-state index contributed by atoms with van der Waals surface area (Å²) >= 11 is 0. The summed E-state index contributed by atoms with van der Waals surface area (Å²) in [4.78, 5) is 11.3. The van der Waals surface area contributed by atoms with Crippen LogP contribution in [0.25, 0.3) is 0 Å². The third-order valence-corrected chi connectivity index (χ3v) is 3.18. The van der Waals surface area contributed by atoms with E-state index in [9.17, 15) is 4.79 Å². The van der Waals surface area contributed by atoms with Gasteiger partial charge in [0, 0.05) is 12.6 Å². The second kappa shape index (κ2) is 5.67. The normalized spacial score (nSPS) is 26.5. The molecule has 0 aromatic rings. The minimum absolute atomic E-state index is 0.0331. The Morgan fingerprint density at radius 1 is 1.25 bits per heavy atom. The number of ether oxygens (including phenoxy) is 1. The molecule has 1 aliphatic carbocycles. The Bertz CT molecular complexity index is 225. The van der Waals surface area contributed by atoms with Gasteiger partial charge in [-0.15, -0.1) is 0 Å². The molecule has 16 heavy (non-hydrogen) atoms. The minimum Gasteiger partial charge on any atom is -0.469 e. The Morgan fingerprint density at radius 2 is 1.81 bits per heavy atom. The van der Waals surface area contributed by atoms with Gasteiger partial charge in [-0.2, -0.15) is 0 Å². The van der Waals surface area contributed by atoms with Crippen LogP contribution >= 0.6 is 0 Å². The van der Waals surface area contributed by atoms with Gasteiger partial charge < -0.3 is 10.1 Å². The van der Waals surface area contributed by atoms with Crippen molar-refractivity contribution >= 4 is 5.97 Å². The zero-order chi connectivity index (χ0) is 12.2. The molecule has 3 nitrogen and oxygen atoms in total. The predicted molar refractivity (Wildman–Crippen MR) is 65.2 cm³/mol. The highest BCUT2D eigenvalue weighted by atomic mass is 16.5. The molecule has 0 heterocycles. The second-order valence-electron chi connectivity index (χ2n) is 6.01. The molecular weight excluding hydrogens is 202 g/mol.